The van der Waals surface area contributed by atoms with Gasteiger partial charge < -0.3 is 14.9 Å². The van der Waals surface area contributed by atoms with Gasteiger partial charge in [0.15, 0.2) is 17.4 Å². The lowest BCUT2D eigenvalue weighted by Crippen LogP contribution is -2.29. The van der Waals surface area contributed by atoms with Crippen molar-refractivity contribution in [1.82, 2.24) is 9.55 Å². The number of rotatable bonds is 6. The van der Waals surface area contributed by atoms with E-state index in [0.29, 0.717) is 22.4 Å². The number of carbonyl (C=O) groups is 2. The fourth-order valence-corrected chi connectivity index (χ4v) is 4.02. The van der Waals surface area contributed by atoms with Crippen LogP contribution in [-0.2, 0) is 6.54 Å². The molecular weight excluding hydrogens is 464 g/mol. The van der Waals surface area contributed by atoms with E-state index < -0.39 is 23.1 Å². The van der Waals surface area contributed by atoms with Crippen molar-refractivity contribution in [3.63, 3.8) is 0 Å². The third-order valence-corrected chi connectivity index (χ3v) is 5.82. The van der Waals surface area contributed by atoms with Gasteiger partial charge in [0, 0.05) is 40.1 Å². The van der Waals surface area contributed by atoms with E-state index in [2.05, 4.69) is 10.3 Å². The van der Waals surface area contributed by atoms with E-state index in [1.165, 1.54) is 29.0 Å². The molecule has 0 bridgehead atoms. The molecule has 0 spiro atoms. The van der Waals surface area contributed by atoms with Crippen LogP contribution in [0.1, 0.15) is 31.8 Å². The number of nitrogens with zero attached hydrogens (tertiary/aromatic N) is 1. The minimum atomic E-state index is -1.02. The summed E-state index contributed by atoms with van der Waals surface area (Å²) in [5.74, 6) is -2.87. The van der Waals surface area contributed by atoms with Gasteiger partial charge in [-0.3, -0.25) is 14.4 Å². The minimum absolute atomic E-state index is 0.0360. The number of para-hydroxylation sites is 1. The Morgan fingerprint density at radius 2 is 1.69 bits per heavy atom. The van der Waals surface area contributed by atoms with Crippen LogP contribution in [0.3, 0.4) is 0 Å². The van der Waals surface area contributed by atoms with Gasteiger partial charge >= 0.3 is 0 Å². The molecule has 0 unspecified atom stereocenters. The second-order valence-corrected chi connectivity index (χ2v) is 8.22. The van der Waals surface area contributed by atoms with Crippen molar-refractivity contribution in [3.05, 3.63) is 135 Å². The van der Waals surface area contributed by atoms with Crippen molar-refractivity contribution < 1.29 is 18.4 Å². The van der Waals surface area contributed by atoms with Gasteiger partial charge in [0.1, 0.15) is 5.56 Å². The van der Waals surface area contributed by atoms with E-state index in [-0.39, 0.29) is 17.9 Å². The molecule has 0 atom stereocenters. The highest BCUT2D eigenvalue weighted by atomic mass is 19.2. The molecule has 0 aliphatic heterocycles. The Balaban J connectivity index is 1.37. The number of aromatic amines is 1. The number of benzene rings is 3. The van der Waals surface area contributed by atoms with Crippen LogP contribution in [0.2, 0.25) is 0 Å². The van der Waals surface area contributed by atoms with Gasteiger partial charge in [-0.1, -0.05) is 36.4 Å². The number of H-pyrrole nitrogens is 1. The third-order valence-electron chi connectivity index (χ3n) is 5.82. The number of amides is 1. The Labute approximate surface area is 203 Å². The second kappa shape index (κ2) is 9.42. The molecule has 2 aromatic heterocycles. The van der Waals surface area contributed by atoms with Gasteiger partial charge in [-0.05, 0) is 48.0 Å². The van der Waals surface area contributed by atoms with Crippen LogP contribution >= 0.6 is 0 Å². The number of hydrogen-bond acceptors (Lipinski definition) is 3. The Kier molecular flexibility index (Phi) is 6.00. The molecule has 36 heavy (non-hydrogen) atoms. The van der Waals surface area contributed by atoms with Crippen LogP contribution < -0.4 is 10.9 Å². The summed E-state index contributed by atoms with van der Waals surface area (Å²) in [6.07, 6.45) is 3.11. The predicted octanol–water partition coefficient (Wildman–Crippen LogP) is 5.14. The summed E-state index contributed by atoms with van der Waals surface area (Å²) in [7, 11) is 0. The maximum atomic E-state index is 13.5. The van der Waals surface area contributed by atoms with E-state index in [9.17, 15) is 23.2 Å². The molecule has 1 amide bonds. The topological polar surface area (TPSA) is 84.0 Å². The largest absolute Gasteiger partial charge is 0.360 e. The summed E-state index contributed by atoms with van der Waals surface area (Å²) in [5, 5.41) is 3.46. The van der Waals surface area contributed by atoms with Crippen LogP contribution in [0.15, 0.2) is 96.1 Å². The van der Waals surface area contributed by atoms with Crippen LogP contribution in [0.4, 0.5) is 14.5 Å². The molecule has 0 aliphatic carbocycles. The van der Waals surface area contributed by atoms with Crippen molar-refractivity contribution in [2.75, 3.05) is 5.32 Å². The van der Waals surface area contributed by atoms with E-state index >= 15 is 0 Å². The Bertz CT molecular complexity index is 1690. The number of pyridine rings is 1. The zero-order valence-corrected chi connectivity index (χ0v) is 18.8. The first-order chi connectivity index (χ1) is 17.4. The van der Waals surface area contributed by atoms with E-state index in [0.717, 1.165) is 23.0 Å². The van der Waals surface area contributed by atoms with E-state index in [1.807, 2.05) is 24.3 Å². The molecule has 2 N–H and O–H groups in total. The van der Waals surface area contributed by atoms with Crippen molar-refractivity contribution >= 4 is 28.3 Å². The first kappa shape index (κ1) is 22.9. The summed E-state index contributed by atoms with van der Waals surface area (Å²) in [6.45, 7) is -0.0360. The summed E-state index contributed by atoms with van der Waals surface area (Å²) in [4.78, 5) is 42.0. The molecule has 0 radical (unpaired) electrons. The first-order valence-corrected chi connectivity index (χ1v) is 11.1. The summed E-state index contributed by atoms with van der Waals surface area (Å²) in [6, 6.07) is 20.2. The number of ketones is 1. The maximum Gasteiger partial charge on any atom is 0.263 e. The fraction of sp³-hybridized carbons (Fsp3) is 0.0357. The van der Waals surface area contributed by atoms with Crippen molar-refractivity contribution in [3.8, 4) is 0 Å². The lowest BCUT2D eigenvalue weighted by molar-refractivity contribution is 0.102. The van der Waals surface area contributed by atoms with Crippen molar-refractivity contribution in [1.29, 1.82) is 0 Å². The van der Waals surface area contributed by atoms with E-state index in [1.54, 1.807) is 30.5 Å². The van der Waals surface area contributed by atoms with Crippen LogP contribution in [0.25, 0.3) is 10.9 Å². The Morgan fingerprint density at radius 1 is 0.861 bits per heavy atom. The van der Waals surface area contributed by atoms with Gasteiger partial charge in [-0.2, -0.15) is 0 Å². The number of fused-ring (bicyclic) bond motifs is 1. The molecule has 0 fully saturated rings. The van der Waals surface area contributed by atoms with Crippen LogP contribution in [0.5, 0.6) is 0 Å². The molecule has 3 aromatic carbocycles. The number of carbonyl (C=O) groups excluding carboxylic acids is 2. The monoisotopic (exact) mass is 483 g/mol. The first-order valence-electron chi connectivity index (χ1n) is 11.1. The summed E-state index contributed by atoms with van der Waals surface area (Å²) in [5.41, 5.74) is 1.73. The SMILES string of the molecule is O=C(Nc1cccc(C(=O)c2c[nH]c3ccccc23)c1)c1cccn(Cc2ccc(F)c(F)c2)c1=O. The normalized spacial score (nSPS) is 10.9. The summed E-state index contributed by atoms with van der Waals surface area (Å²) >= 11 is 0. The highest BCUT2D eigenvalue weighted by Gasteiger charge is 2.17. The maximum absolute atomic E-state index is 13.5. The molecule has 6 nitrogen and oxygen atoms in total. The quantitative estimate of drug-likeness (QED) is 0.328. The zero-order valence-electron chi connectivity index (χ0n) is 18.8. The fourth-order valence-electron chi connectivity index (χ4n) is 4.02. The molecule has 0 saturated heterocycles. The standard InChI is InChI=1S/C28H19F2N3O3/c29-23-11-10-17(13-24(23)30)16-33-12-4-8-21(28(33)36)27(35)32-19-6-3-5-18(14-19)26(34)22-15-31-25-9-2-1-7-20(22)25/h1-15,31H,16H2,(H,32,35). The number of nitrogens with one attached hydrogen (secondary N) is 2. The zero-order chi connectivity index (χ0) is 25.2. The molecule has 0 saturated carbocycles. The van der Waals surface area contributed by atoms with Crippen LogP contribution in [-0.4, -0.2) is 21.2 Å². The summed E-state index contributed by atoms with van der Waals surface area (Å²) < 4.78 is 28.0. The van der Waals surface area contributed by atoms with E-state index in [4.69, 9.17) is 0 Å². The predicted molar refractivity (Wildman–Crippen MR) is 132 cm³/mol. The van der Waals surface area contributed by atoms with Crippen molar-refractivity contribution in [2.24, 2.45) is 0 Å². The molecule has 8 heteroatoms. The number of hydrogen-bond donors (Lipinski definition) is 2. The average molecular weight is 483 g/mol. The van der Waals surface area contributed by atoms with Gasteiger partial charge in [-0.15, -0.1) is 0 Å². The lowest BCUT2D eigenvalue weighted by atomic mass is 10.0. The lowest BCUT2D eigenvalue weighted by Gasteiger charge is -2.10. The number of halogens is 2. The minimum Gasteiger partial charge on any atom is -0.360 e. The Morgan fingerprint density at radius 3 is 2.53 bits per heavy atom. The second-order valence-electron chi connectivity index (χ2n) is 8.22. The molecule has 2 heterocycles. The third kappa shape index (κ3) is 4.44. The average Bonchev–Trinajstić information content (AvgIpc) is 3.31. The smallest absolute Gasteiger partial charge is 0.263 e. The molecule has 178 valence electrons. The van der Waals surface area contributed by atoms with Gasteiger partial charge in [0.25, 0.3) is 11.5 Å². The highest BCUT2D eigenvalue weighted by molar-refractivity contribution is 6.17. The number of anilines is 1. The highest BCUT2D eigenvalue weighted by Crippen LogP contribution is 2.22. The molecular formula is C28H19F2N3O3. The van der Waals surface area contributed by atoms with Gasteiger partial charge in [0.05, 0.1) is 6.54 Å². The number of aromatic nitrogens is 2. The molecule has 0 aliphatic rings. The van der Waals surface area contributed by atoms with Gasteiger partial charge in [0.2, 0.25) is 0 Å². The Hall–Kier alpha value is -4.85. The van der Waals surface area contributed by atoms with Gasteiger partial charge in [-0.25, -0.2) is 8.78 Å². The van der Waals surface area contributed by atoms with Crippen LogP contribution in [0, 0.1) is 11.6 Å². The molecule has 5 rings (SSSR count). The van der Waals surface area contributed by atoms with Crippen molar-refractivity contribution in [2.45, 2.75) is 6.54 Å². The molecule has 5 aromatic rings.